The Bertz CT molecular complexity index is 310. The van der Waals surface area contributed by atoms with Crippen LogP contribution in [0.1, 0.15) is 78.1 Å². The zero-order valence-corrected chi connectivity index (χ0v) is 14.1. The van der Waals surface area contributed by atoms with E-state index >= 15 is 0 Å². The van der Waals surface area contributed by atoms with Gasteiger partial charge in [0.25, 0.3) is 0 Å². The number of amidine groups is 1. The molecule has 0 aliphatic carbocycles. The Kier molecular flexibility index (Phi) is 10.2. The normalized spacial score (nSPS) is 16.7. The average Bonchev–Trinajstić information content (AvgIpc) is 2.93. The molecule has 0 aromatic carbocycles. The largest absolute Gasteiger partial charge is 0.374 e. The lowest BCUT2D eigenvalue weighted by Crippen LogP contribution is -2.35. The van der Waals surface area contributed by atoms with Crippen LogP contribution in [0.2, 0.25) is 0 Å². The lowest BCUT2D eigenvalue weighted by Gasteiger charge is -2.23. The molecular weight excluding hydrogens is 260 g/mol. The van der Waals surface area contributed by atoms with Crippen molar-refractivity contribution < 1.29 is 5.11 Å². The molecule has 0 saturated carbocycles. The first-order valence-electron chi connectivity index (χ1n) is 8.88. The van der Waals surface area contributed by atoms with Crippen molar-refractivity contribution >= 4 is 5.84 Å². The van der Waals surface area contributed by atoms with Crippen LogP contribution < -0.4 is 0 Å². The molecule has 1 rings (SSSR count). The lowest BCUT2D eigenvalue weighted by molar-refractivity contribution is 0.0767. The number of allylic oxidation sites excluding steroid dienone is 2. The average molecular weight is 294 g/mol. The van der Waals surface area contributed by atoms with Gasteiger partial charge in [0, 0.05) is 13.0 Å². The summed E-state index contributed by atoms with van der Waals surface area (Å²) in [5.74, 6) is 1.07. The Labute approximate surface area is 131 Å². The summed E-state index contributed by atoms with van der Waals surface area (Å²) in [7, 11) is 0. The molecule has 0 amide bonds. The SMILES string of the molecule is CCCCCCCCC/C=C/CCC1=NCCN1C(C)O. The molecule has 0 spiro atoms. The Hall–Kier alpha value is -0.830. The third-order valence-corrected chi connectivity index (χ3v) is 4.09. The van der Waals surface area contributed by atoms with E-state index in [1.165, 1.54) is 51.4 Å². The van der Waals surface area contributed by atoms with Gasteiger partial charge in [-0.15, -0.1) is 0 Å². The van der Waals surface area contributed by atoms with E-state index in [2.05, 4.69) is 24.1 Å². The molecule has 0 aromatic rings. The maximum atomic E-state index is 9.63. The topological polar surface area (TPSA) is 35.8 Å². The predicted molar refractivity (Wildman–Crippen MR) is 91.7 cm³/mol. The smallest absolute Gasteiger partial charge is 0.125 e. The molecule has 1 aliphatic heterocycles. The van der Waals surface area contributed by atoms with E-state index in [0.717, 1.165) is 31.8 Å². The molecule has 0 aromatic heterocycles. The summed E-state index contributed by atoms with van der Waals surface area (Å²) in [5, 5.41) is 9.63. The van der Waals surface area contributed by atoms with Crippen molar-refractivity contribution in [1.29, 1.82) is 0 Å². The van der Waals surface area contributed by atoms with Crippen LogP contribution in [0, 0.1) is 0 Å². The Balaban J connectivity index is 1.96. The highest BCUT2D eigenvalue weighted by Gasteiger charge is 2.19. The maximum absolute atomic E-state index is 9.63. The standard InChI is InChI=1S/C18H34N2O/c1-3-4-5-6-7-8-9-10-11-12-13-14-18-19-15-16-20(18)17(2)21/h11-12,17,21H,3-10,13-16H2,1-2H3/b12-11+. The number of unbranched alkanes of at least 4 members (excludes halogenated alkanes) is 7. The minimum Gasteiger partial charge on any atom is -0.374 e. The van der Waals surface area contributed by atoms with E-state index < -0.39 is 6.23 Å². The number of hydrogen-bond donors (Lipinski definition) is 1. The lowest BCUT2D eigenvalue weighted by atomic mass is 10.1. The summed E-state index contributed by atoms with van der Waals surface area (Å²) in [6.07, 6.45) is 17.0. The fourth-order valence-corrected chi connectivity index (χ4v) is 2.80. The number of rotatable bonds is 12. The summed E-state index contributed by atoms with van der Waals surface area (Å²) < 4.78 is 0. The third kappa shape index (κ3) is 8.25. The van der Waals surface area contributed by atoms with Gasteiger partial charge in [0.2, 0.25) is 0 Å². The molecular formula is C18H34N2O. The van der Waals surface area contributed by atoms with Crippen molar-refractivity contribution in [2.75, 3.05) is 13.1 Å². The summed E-state index contributed by atoms with van der Waals surface area (Å²) in [6, 6.07) is 0. The minimum atomic E-state index is -0.400. The van der Waals surface area contributed by atoms with Crippen LogP contribution in [0.5, 0.6) is 0 Å². The summed E-state index contributed by atoms with van der Waals surface area (Å²) in [5.41, 5.74) is 0. The van der Waals surface area contributed by atoms with Gasteiger partial charge in [0.15, 0.2) is 0 Å². The minimum absolute atomic E-state index is 0.400. The van der Waals surface area contributed by atoms with Crippen molar-refractivity contribution in [1.82, 2.24) is 4.90 Å². The number of aliphatic hydroxyl groups excluding tert-OH is 1. The van der Waals surface area contributed by atoms with Crippen LogP contribution >= 0.6 is 0 Å². The van der Waals surface area contributed by atoms with Gasteiger partial charge in [0.05, 0.1) is 6.54 Å². The summed E-state index contributed by atoms with van der Waals surface area (Å²) in [4.78, 5) is 6.47. The van der Waals surface area contributed by atoms with Gasteiger partial charge in [-0.25, -0.2) is 0 Å². The monoisotopic (exact) mass is 294 g/mol. The maximum Gasteiger partial charge on any atom is 0.125 e. The van der Waals surface area contributed by atoms with Gasteiger partial charge in [-0.1, -0.05) is 57.6 Å². The number of hydrogen-bond acceptors (Lipinski definition) is 3. The van der Waals surface area contributed by atoms with E-state index in [9.17, 15) is 5.11 Å². The molecule has 122 valence electrons. The Morgan fingerprint density at radius 3 is 2.48 bits per heavy atom. The Morgan fingerprint density at radius 1 is 1.10 bits per heavy atom. The van der Waals surface area contributed by atoms with Crippen LogP contribution in [0.3, 0.4) is 0 Å². The van der Waals surface area contributed by atoms with Crippen molar-refractivity contribution in [3.63, 3.8) is 0 Å². The second-order valence-corrected chi connectivity index (χ2v) is 6.04. The van der Waals surface area contributed by atoms with E-state index in [0.29, 0.717) is 0 Å². The van der Waals surface area contributed by atoms with Gasteiger partial charge in [-0.05, 0) is 26.2 Å². The van der Waals surface area contributed by atoms with Gasteiger partial charge in [-0.3, -0.25) is 4.99 Å². The summed E-state index contributed by atoms with van der Waals surface area (Å²) in [6.45, 7) is 5.79. The fraction of sp³-hybridized carbons (Fsp3) is 0.833. The quantitative estimate of drug-likeness (QED) is 0.424. The van der Waals surface area contributed by atoms with Crippen molar-refractivity contribution in [3.05, 3.63) is 12.2 Å². The molecule has 21 heavy (non-hydrogen) atoms. The molecule has 1 unspecified atom stereocenters. The molecule has 1 N–H and O–H groups in total. The molecule has 3 nitrogen and oxygen atoms in total. The first-order chi connectivity index (χ1) is 10.3. The van der Waals surface area contributed by atoms with Gasteiger partial charge >= 0.3 is 0 Å². The van der Waals surface area contributed by atoms with Crippen LogP contribution in [-0.4, -0.2) is 35.2 Å². The zero-order valence-electron chi connectivity index (χ0n) is 14.1. The molecule has 3 heteroatoms. The second kappa shape index (κ2) is 11.8. The fourth-order valence-electron chi connectivity index (χ4n) is 2.80. The third-order valence-electron chi connectivity index (χ3n) is 4.09. The molecule has 1 aliphatic rings. The molecule has 0 fully saturated rings. The second-order valence-electron chi connectivity index (χ2n) is 6.04. The molecule has 1 heterocycles. The zero-order chi connectivity index (χ0) is 15.3. The van der Waals surface area contributed by atoms with E-state index in [-0.39, 0.29) is 0 Å². The highest BCUT2D eigenvalue weighted by molar-refractivity contribution is 5.84. The van der Waals surface area contributed by atoms with Crippen molar-refractivity contribution in [2.24, 2.45) is 4.99 Å². The predicted octanol–water partition coefficient (Wildman–Crippen LogP) is 4.52. The molecule has 1 atom stereocenters. The molecule has 0 saturated heterocycles. The van der Waals surface area contributed by atoms with E-state index in [1.807, 2.05) is 11.8 Å². The number of aliphatic imine (C=N–C) groups is 1. The highest BCUT2D eigenvalue weighted by atomic mass is 16.3. The van der Waals surface area contributed by atoms with Gasteiger partial charge in [-0.2, -0.15) is 0 Å². The van der Waals surface area contributed by atoms with Gasteiger partial charge in [0.1, 0.15) is 12.1 Å². The first-order valence-corrected chi connectivity index (χ1v) is 8.88. The number of aliphatic hydroxyl groups is 1. The molecule has 0 radical (unpaired) electrons. The van der Waals surface area contributed by atoms with E-state index in [4.69, 9.17) is 0 Å². The number of nitrogens with zero attached hydrogens (tertiary/aromatic N) is 2. The molecule has 0 bridgehead atoms. The van der Waals surface area contributed by atoms with Crippen LogP contribution in [-0.2, 0) is 0 Å². The highest BCUT2D eigenvalue weighted by Crippen LogP contribution is 2.11. The van der Waals surface area contributed by atoms with Crippen molar-refractivity contribution in [3.8, 4) is 0 Å². The van der Waals surface area contributed by atoms with Crippen LogP contribution in [0.4, 0.5) is 0 Å². The summed E-state index contributed by atoms with van der Waals surface area (Å²) >= 11 is 0. The van der Waals surface area contributed by atoms with Gasteiger partial charge < -0.3 is 10.0 Å². The van der Waals surface area contributed by atoms with Crippen LogP contribution in [0.25, 0.3) is 0 Å². The van der Waals surface area contributed by atoms with E-state index in [1.54, 1.807) is 0 Å². The first kappa shape index (κ1) is 18.2. The van der Waals surface area contributed by atoms with Crippen LogP contribution in [0.15, 0.2) is 17.1 Å². The van der Waals surface area contributed by atoms with Crippen molar-refractivity contribution in [2.45, 2.75) is 84.3 Å². The Morgan fingerprint density at radius 2 is 1.76 bits per heavy atom.